The van der Waals surface area contributed by atoms with E-state index in [1.165, 1.54) is 4.90 Å². The van der Waals surface area contributed by atoms with E-state index in [4.69, 9.17) is 16.3 Å². The van der Waals surface area contributed by atoms with E-state index >= 15 is 0 Å². The number of carbonyl (C=O) groups excluding carboxylic acids is 1. The van der Waals surface area contributed by atoms with E-state index in [2.05, 4.69) is 6.07 Å². The molecule has 154 valence electrons. The second-order valence-electron chi connectivity index (χ2n) is 7.34. The van der Waals surface area contributed by atoms with Gasteiger partial charge in [-0.15, -0.1) is 0 Å². The molecule has 0 fully saturated rings. The molecule has 5 heteroatoms. The van der Waals surface area contributed by atoms with Gasteiger partial charge < -0.3 is 4.74 Å². The van der Waals surface area contributed by atoms with Crippen LogP contribution in [0.2, 0.25) is 5.02 Å². The highest BCUT2D eigenvalue weighted by molar-refractivity contribution is 6.31. The highest BCUT2D eigenvalue weighted by Gasteiger charge is 2.46. The monoisotopic (exact) mass is 428 g/mol. The first-order chi connectivity index (χ1) is 15.1. The summed E-state index contributed by atoms with van der Waals surface area (Å²) in [6.45, 7) is 0.342. The minimum Gasteiger partial charge on any atom is -0.410 e. The third kappa shape index (κ3) is 4.19. The fourth-order valence-electron chi connectivity index (χ4n) is 3.97. The van der Waals surface area contributed by atoms with Crippen molar-refractivity contribution in [3.8, 4) is 11.8 Å². The van der Waals surface area contributed by atoms with Gasteiger partial charge in [-0.3, -0.25) is 4.90 Å². The van der Waals surface area contributed by atoms with Crippen LogP contribution in [0.1, 0.15) is 23.1 Å². The number of nitriles is 1. The summed E-state index contributed by atoms with van der Waals surface area (Å²) in [5.41, 5.74) is 1.46. The number of hydrogen-bond donors (Lipinski definition) is 0. The zero-order chi connectivity index (χ0) is 21.7. The smallest absolute Gasteiger partial charge is 0.410 e. The molecule has 1 aliphatic rings. The number of amides is 1. The Hall–Kier alpha value is -3.55. The summed E-state index contributed by atoms with van der Waals surface area (Å²) in [6.07, 6.45) is 4.21. The van der Waals surface area contributed by atoms with Gasteiger partial charge in [-0.05, 0) is 41.3 Å². The number of carbonyl (C=O) groups is 1. The van der Waals surface area contributed by atoms with Crippen molar-refractivity contribution in [3.63, 3.8) is 0 Å². The average Bonchev–Trinajstić information content (AvgIpc) is 2.80. The maximum absolute atomic E-state index is 13.2. The third-order valence-electron chi connectivity index (χ3n) is 5.49. The Morgan fingerprint density at radius 3 is 2.48 bits per heavy atom. The van der Waals surface area contributed by atoms with E-state index in [9.17, 15) is 10.1 Å². The van der Waals surface area contributed by atoms with Crippen molar-refractivity contribution in [2.75, 3.05) is 6.54 Å². The van der Waals surface area contributed by atoms with Crippen molar-refractivity contribution in [2.45, 2.75) is 18.4 Å². The van der Waals surface area contributed by atoms with E-state index in [-0.39, 0.29) is 0 Å². The Morgan fingerprint density at radius 1 is 1.06 bits per heavy atom. The largest absolute Gasteiger partial charge is 0.416 e. The first kappa shape index (κ1) is 20.7. The summed E-state index contributed by atoms with van der Waals surface area (Å²) < 4.78 is 5.60. The van der Waals surface area contributed by atoms with Gasteiger partial charge in [-0.2, -0.15) is 5.26 Å². The van der Waals surface area contributed by atoms with E-state index in [1.54, 1.807) is 24.3 Å². The van der Waals surface area contributed by atoms with Crippen molar-refractivity contribution >= 4 is 23.8 Å². The van der Waals surface area contributed by atoms with E-state index in [1.807, 2.05) is 66.7 Å². The molecule has 0 aliphatic carbocycles. The van der Waals surface area contributed by atoms with Crippen LogP contribution in [0.4, 0.5) is 4.79 Å². The van der Waals surface area contributed by atoms with Crippen LogP contribution in [0.5, 0.6) is 5.75 Å². The van der Waals surface area contributed by atoms with Gasteiger partial charge >= 0.3 is 6.09 Å². The number of ether oxygens (including phenoxy) is 1. The summed E-state index contributed by atoms with van der Waals surface area (Å²) in [5, 5.41) is 11.0. The molecule has 0 bridgehead atoms. The lowest BCUT2D eigenvalue weighted by Gasteiger charge is -2.42. The normalized spacial score (nSPS) is 17.7. The topological polar surface area (TPSA) is 53.3 Å². The first-order valence-electron chi connectivity index (χ1n) is 10.1. The molecule has 4 nitrogen and oxygen atoms in total. The number of para-hydroxylation sites is 1. The number of halogens is 1. The van der Waals surface area contributed by atoms with Crippen LogP contribution in [-0.4, -0.2) is 17.5 Å². The molecule has 1 heterocycles. The quantitative estimate of drug-likeness (QED) is 0.495. The van der Waals surface area contributed by atoms with Crippen LogP contribution >= 0.6 is 11.6 Å². The van der Waals surface area contributed by atoms with Gasteiger partial charge in [-0.1, -0.05) is 84.4 Å². The number of nitrogens with zero attached hydrogens (tertiary/aromatic N) is 2. The molecular formula is C26H21ClN2O2. The van der Waals surface area contributed by atoms with E-state index < -0.39 is 11.6 Å². The highest BCUT2D eigenvalue weighted by Crippen LogP contribution is 2.41. The van der Waals surface area contributed by atoms with Gasteiger partial charge in [0.05, 0.1) is 6.07 Å². The minimum atomic E-state index is -1.21. The summed E-state index contributed by atoms with van der Waals surface area (Å²) in [6, 6.07) is 26.7. The van der Waals surface area contributed by atoms with Crippen molar-refractivity contribution in [2.24, 2.45) is 0 Å². The molecule has 31 heavy (non-hydrogen) atoms. The van der Waals surface area contributed by atoms with Crippen LogP contribution in [0.3, 0.4) is 0 Å². The number of hydrogen-bond acceptors (Lipinski definition) is 3. The van der Waals surface area contributed by atoms with Crippen LogP contribution in [-0.2, 0) is 12.0 Å². The molecule has 4 rings (SSSR count). The standard InChI is InChI=1S/C26H21ClN2O2/c27-24-15-7-14-23-22(24)16-18-29(25(30)31-21-12-5-2-6-13-21)26(23,19-28)17-8-11-20-9-3-1-4-10-20/h1-15H,16-18H2/b11-8+/t26-/m1/s1. The fraction of sp³-hybridized carbons (Fsp3) is 0.154. The van der Waals surface area contributed by atoms with Crippen molar-refractivity contribution < 1.29 is 9.53 Å². The average molecular weight is 429 g/mol. The van der Waals surface area contributed by atoms with Crippen LogP contribution in [0.25, 0.3) is 6.08 Å². The highest BCUT2D eigenvalue weighted by atomic mass is 35.5. The maximum Gasteiger partial charge on any atom is 0.416 e. The van der Waals surface area contributed by atoms with Crippen LogP contribution < -0.4 is 4.74 Å². The Kier molecular flexibility index (Phi) is 6.06. The molecule has 1 amide bonds. The molecule has 0 saturated heterocycles. The lowest BCUT2D eigenvalue weighted by atomic mass is 9.79. The molecule has 1 atom stereocenters. The van der Waals surface area contributed by atoms with E-state index in [0.29, 0.717) is 30.2 Å². The Labute approximate surface area is 187 Å². The third-order valence-corrected chi connectivity index (χ3v) is 5.84. The second kappa shape index (κ2) is 9.07. The summed E-state index contributed by atoms with van der Waals surface area (Å²) >= 11 is 6.45. The Morgan fingerprint density at radius 2 is 1.77 bits per heavy atom. The Bertz CT molecular complexity index is 1140. The lowest BCUT2D eigenvalue weighted by molar-refractivity contribution is 0.101. The molecule has 3 aromatic rings. The summed E-state index contributed by atoms with van der Waals surface area (Å²) in [7, 11) is 0. The zero-order valence-corrected chi connectivity index (χ0v) is 17.6. The molecule has 0 N–H and O–H groups in total. The van der Waals surface area contributed by atoms with Crippen molar-refractivity contribution in [3.05, 3.63) is 107 Å². The molecule has 0 aromatic heterocycles. The SMILES string of the molecule is N#C[C@]1(C/C=C/c2ccccc2)c2cccc(Cl)c2CCN1C(=O)Oc1ccccc1. The van der Waals surface area contributed by atoms with Gasteiger partial charge in [0.15, 0.2) is 5.54 Å². The fourth-order valence-corrected chi connectivity index (χ4v) is 4.24. The van der Waals surface area contributed by atoms with Gasteiger partial charge in [-0.25, -0.2) is 4.79 Å². The molecule has 0 unspecified atom stereocenters. The van der Waals surface area contributed by atoms with Crippen LogP contribution in [0.15, 0.2) is 84.9 Å². The zero-order valence-electron chi connectivity index (χ0n) is 16.9. The predicted molar refractivity (Wildman–Crippen MR) is 122 cm³/mol. The predicted octanol–water partition coefficient (Wildman–Crippen LogP) is 6.22. The van der Waals surface area contributed by atoms with E-state index in [0.717, 1.165) is 16.7 Å². The second-order valence-corrected chi connectivity index (χ2v) is 7.75. The number of rotatable bonds is 4. The molecule has 3 aromatic carbocycles. The van der Waals surface area contributed by atoms with Gasteiger partial charge in [0.25, 0.3) is 0 Å². The number of fused-ring (bicyclic) bond motifs is 1. The molecule has 0 radical (unpaired) electrons. The lowest BCUT2D eigenvalue weighted by Crippen LogP contribution is -2.53. The van der Waals surface area contributed by atoms with Gasteiger partial charge in [0.1, 0.15) is 5.75 Å². The molecule has 0 spiro atoms. The van der Waals surface area contributed by atoms with Crippen LogP contribution in [0, 0.1) is 11.3 Å². The Balaban J connectivity index is 1.72. The summed E-state index contributed by atoms with van der Waals surface area (Å²) in [4.78, 5) is 14.7. The molecule has 0 saturated carbocycles. The van der Waals surface area contributed by atoms with Crippen molar-refractivity contribution in [1.29, 1.82) is 5.26 Å². The molecule has 1 aliphatic heterocycles. The van der Waals surface area contributed by atoms with Gasteiger partial charge in [0.2, 0.25) is 0 Å². The summed E-state index contributed by atoms with van der Waals surface area (Å²) in [5.74, 6) is 0.441. The number of benzene rings is 3. The van der Waals surface area contributed by atoms with Crippen molar-refractivity contribution in [1.82, 2.24) is 4.90 Å². The molecular weight excluding hydrogens is 408 g/mol. The maximum atomic E-state index is 13.2. The first-order valence-corrected chi connectivity index (χ1v) is 10.5. The van der Waals surface area contributed by atoms with Gasteiger partial charge in [0, 0.05) is 18.0 Å². The minimum absolute atomic E-state index is 0.315.